The van der Waals surface area contributed by atoms with Gasteiger partial charge in [0.2, 0.25) is 11.8 Å². The van der Waals surface area contributed by atoms with E-state index in [1.807, 2.05) is 6.07 Å². The lowest BCUT2D eigenvalue weighted by Gasteiger charge is -2.38. The highest BCUT2D eigenvalue weighted by Crippen LogP contribution is 2.34. The Bertz CT molecular complexity index is 1170. The minimum absolute atomic E-state index is 0.0763. The van der Waals surface area contributed by atoms with Gasteiger partial charge in [-0.25, -0.2) is 8.78 Å². The van der Waals surface area contributed by atoms with E-state index in [0.29, 0.717) is 29.6 Å². The Hall–Kier alpha value is -3.68. The van der Waals surface area contributed by atoms with E-state index in [9.17, 15) is 28.4 Å². The van der Waals surface area contributed by atoms with Crippen molar-refractivity contribution in [3.8, 4) is 11.8 Å². The van der Waals surface area contributed by atoms with Gasteiger partial charge in [0.05, 0.1) is 13.2 Å². The average Bonchev–Trinajstić information content (AvgIpc) is 3.28. The standard InChI is InChI=1S/C24H27F2N5O4/c1-35-20-6-2-5-17-16(20)11-18(30-17)23(34)31-9-7-24(25,26)12-19(31)22(33)29-15(13-27)10-14-4-3-8-28-21(14)32/h2,5-6,11,14-15,19,30H,3-4,7-10,12H2,1H3,(H,28,32)(H,29,33)/t14-,15-,19-/m0/s1. The molecule has 0 bridgehead atoms. The largest absolute Gasteiger partial charge is 0.496 e. The van der Waals surface area contributed by atoms with Gasteiger partial charge in [-0.05, 0) is 37.5 Å². The molecule has 2 aliphatic rings. The number of halogens is 2. The van der Waals surface area contributed by atoms with Gasteiger partial charge < -0.3 is 25.3 Å². The molecule has 0 aliphatic carbocycles. The number of likely N-dealkylation sites (tertiary alicyclic amines) is 1. The molecule has 4 rings (SSSR count). The van der Waals surface area contributed by atoms with E-state index in [-0.39, 0.29) is 24.6 Å². The molecule has 0 unspecified atom stereocenters. The first-order valence-electron chi connectivity index (χ1n) is 11.5. The number of benzene rings is 1. The van der Waals surface area contributed by atoms with Gasteiger partial charge in [0, 0.05) is 42.8 Å². The van der Waals surface area contributed by atoms with Crippen LogP contribution in [0.25, 0.3) is 10.9 Å². The van der Waals surface area contributed by atoms with Crippen LogP contribution in [0.15, 0.2) is 24.3 Å². The summed E-state index contributed by atoms with van der Waals surface area (Å²) in [5, 5.41) is 15.4. The van der Waals surface area contributed by atoms with Gasteiger partial charge in [-0.15, -0.1) is 0 Å². The van der Waals surface area contributed by atoms with E-state index in [4.69, 9.17) is 4.74 Å². The lowest BCUT2D eigenvalue weighted by molar-refractivity contribution is -0.135. The number of fused-ring (bicyclic) bond motifs is 1. The molecule has 2 aromatic rings. The summed E-state index contributed by atoms with van der Waals surface area (Å²) in [5.41, 5.74) is 0.773. The molecule has 3 amide bonds. The molecule has 0 saturated carbocycles. The molecule has 3 N–H and O–H groups in total. The molecule has 186 valence electrons. The molecule has 0 spiro atoms. The number of ether oxygens (including phenoxy) is 1. The maximum absolute atomic E-state index is 14.3. The van der Waals surface area contributed by atoms with Crippen molar-refractivity contribution < 1.29 is 27.9 Å². The number of piperidine rings is 2. The van der Waals surface area contributed by atoms with Crippen molar-refractivity contribution >= 4 is 28.6 Å². The molecule has 2 fully saturated rings. The Morgan fingerprint density at radius 3 is 2.91 bits per heavy atom. The van der Waals surface area contributed by atoms with Gasteiger partial charge in [0.1, 0.15) is 23.5 Å². The van der Waals surface area contributed by atoms with E-state index in [1.165, 1.54) is 7.11 Å². The van der Waals surface area contributed by atoms with Crippen LogP contribution in [-0.4, -0.2) is 65.8 Å². The summed E-state index contributed by atoms with van der Waals surface area (Å²) >= 11 is 0. The minimum atomic E-state index is -3.13. The number of amides is 3. The second-order valence-electron chi connectivity index (χ2n) is 8.99. The summed E-state index contributed by atoms with van der Waals surface area (Å²) in [5.74, 6) is -4.66. The Morgan fingerprint density at radius 1 is 1.40 bits per heavy atom. The highest BCUT2D eigenvalue weighted by atomic mass is 19.3. The van der Waals surface area contributed by atoms with E-state index in [2.05, 4.69) is 15.6 Å². The lowest BCUT2D eigenvalue weighted by atomic mass is 9.91. The molecule has 1 aromatic carbocycles. The van der Waals surface area contributed by atoms with Crippen molar-refractivity contribution in [1.29, 1.82) is 5.26 Å². The second-order valence-corrected chi connectivity index (χ2v) is 8.99. The topological polar surface area (TPSA) is 127 Å². The number of rotatable bonds is 6. The predicted molar refractivity (Wildman–Crippen MR) is 122 cm³/mol. The van der Waals surface area contributed by atoms with Crippen molar-refractivity contribution in [2.24, 2.45) is 5.92 Å². The first-order chi connectivity index (χ1) is 16.7. The first kappa shape index (κ1) is 24.4. The summed E-state index contributed by atoms with van der Waals surface area (Å²) in [4.78, 5) is 42.5. The number of carbonyl (C=O) groups is 3. The number of nitrogens with zero attached hydrogens (tertiary/aromatic N) is 2. The third kappa shape index (κ3) is 5.21. The molecule has 11 heteroatoms. The van der Waals surface area contributed by atoms with E-state index in [1.54, 1.807) is 24.3 Å². The molecule has 3 atom stereocenters. The van der Waals surface area contributed by atoms with Crippen LogP contribution in [0.1, 0.15) is 42.6 Å². The zero-order valence-corrected chi connectivity index (χ0v) is 19.3. The van der Waals surface area contributed by atoms with Crippen molar-refractivity contribution in [1.82, 2.24) is 20.5 Å². The fraction of sp³-hybridized carbons (Fsp3) is 0.500. The van der Waals surface area contributed by atoms with Crippen LogP contribution in [0.2, 0.25) is 0 Å². The Morgan fingerprint density at radius 2 is 2.20 bits per heavy atom. The number of hydrogen-bond acceptors (Lipinski definition) is 5. The molecule has 3 heterocycles. The average molecular weight is 488 g/mol. The summed E-state index contributed by atoms with van der Waals surface area (Å²) in [7, 11) is 1.50. The molecule has 35 heavy (non-hydrogen) atoms. The number of hydrogen-bond donors (Lipinski definition) is 3. The number of nitrogens with one attached hydrogen (secondary N) is 3. The van der Waals surface area contributed by atoms with Gasteiger partial charge in [0.25, 0.3) is 11.8 Å². The van der Waals surface area contributed by atoms with Gasteiger partial charge in [0.15, 0.2) is 0 Å². The number of aromatic nitrogens is 1. The quantitative estimate of drug-likeness (QED) is 0.576. The molecule has 1 aromatic heterocycles. The maximum atomic E-state index is 14.3. The fourth-order valence-electron chi connectivity index (χ4n) is 4.74. The number of carbonyl (C=O) groups excluding carboxylic acids is 3. The molecule has 2 aliphatic heterocycles. The van der Waals surface area contributed by atoms with Crippen LogP contribution in [0.3, 0.4) is 0 Å². The third-order valence-electron chi connectivity index (χ3n) is 6.62. The first-order valence-corrected chi connectivity index (χ1v) is 11.5. The zero-order chi connectivity index (χ0) is 25.2. The fourth-order valence-corrected chi connectivity index (χ4v) is 4.74. The number of methoxy groups -OCH3 is 1. The SMILES string of the molecule is COc1cccc2[nH]c(C(=O)N3CCC(F)(F)C[C@H]3C(=O)N[C@H](C#N)C[C@@H]3CCCNC3=O)cc12. The van der Waals surface area contributed by atoms with Crippen LogP contribution >= 0.6 is 0 Å². The smallest absolute Gasteiger partial charge is 0.270 e. The highest BCUT2D eigenvalue weighted by Gasteiger charge is 2.46. The van der Waals surface area contributed by atoms with Crippen LogP contribution in [0.5, 0.6) is 5.75 Å². The molecule has 0 radical (unpaired) electrons. The minimum Gasteiger partial charge on any atom is -0.496 e. The van der Waals surface area contributed by atoms with Crippen molar-refractivity contribution in [3.63, 3.8) is 0 Å². The summed E-state index contributed by atoms with van der Waals surface area (Å²) in [6, 6.07) is 6.24. The van der Waals surface area contributed by atoms with Crippen molar-refractivity contribution in [2.45, 2.75) is 50.1 Å². The predicted octanol–water partition coefficient (Wildman–Crippen LogP) is 2.34. The van der Waals surface area contributed by atoms with Crippen molar-refractivity contribution in [3.05, 3.63) is 30.0 Å². The Labute approximate surface area is 200 Å². The van der Waals surface area contributed by atoms with Gasteiger partial charge in [-0.1, -0.05) is 6.07 Å². The van der Waals surface area contributed by atoms with E-state index < -0.39 is 48.6 Å². The van der Waals surface area contributed by atoms with Crippen molar-refractivity contribution in [2.75, 3.05) is 20.2 Å². The molecule has 9 nitrogen and oxygen atoms in total. The number of aromatic amines is 1. The third-order valence-corrected chi connectivity index (χ3v) is 6.62. The maximum Gasteiger partial charge on any atom is 0.270 e. The van der Waals surface area contributed by atoms with Gasteiger partial charge in [-0.3, -0.25) is 14.4 Å². The zero-order valence-electron chi connectivity index (χ0n) is 19.3. The summed E-state index contributed by atoms with van der Waals surface area (Å²) in [6.45, 7) is 0.242. The lowest BCUT2D eigenvalue weighted by Crippen LogP contribution is -2.57. The number of H-pyrrole nitrogens is 1. The summed E-state index contributed by atoms with van der Waals surface area (Å²) < 4.78 is 33.9. The van der Waals surface area contributed by atoms with E-state index >= 15 is 0 Å². The molecular weight excluding hydrogens is 460 g/mol. The molecular formula is C24H27F2N5O4. The second kappa shape index (κ2) is 9.90. The van der Waals surface area contributed by atoms with E-state index in [0.717, 1.165) is 11.3 Å². The Balaban J connectivity index is 1.54. The number of nitriles is 1. The van der Waals surface area contributed by atoms with Gasteiger partial charge >= 0.3 is 0 Å². The Kier molecular flexibility index (Phi) is 6.91. The normalized spacial score (nSPS) is 22.7. The number of alkyl halides is 2. The van der Waals surface area contributed by atoms with Crippen LogP contribution < -0.4 is 15.4 Å². The van der Waals surface area contributed by atoms with Crippen LogP contribution in [0, 0.1) is 17.2 Å². The summed E-state index contributed by atoms with van der Waals surface area (Å²) in [6.07, 6.45) is -0.0100. The molecule has 2 saturated heterocycles. The van der Waals surface area contributed by atoms with Gasteiger partial charge in [-0.2, -0.15) is 5.26 Å². The highest BCUT2D eigenvalue weighted by molar-refractivity contribution is 6.01. The monoisotopic (exact) mass is 487 g/mol. The van der Waals surface area contributed by atoms with Crippen LogP contribution in [-0.2, 0) is 9.59 Å². The van der Waals surface area contributed by atoms with Crippen LogP contribution in [0.4, 0.5) is 8.78 Å².